The summed E-state index contributed by atoms with van der Waals surface area (Å²) < 4.78 is 6.47. The lowest BCUT2D eigenvalue weighted by molar-refractivity contribution is 0.0907. The molecule has 1 unspecified atom stereocenters. The zero-order valence-corrected chi connectivity index (χ0v) is 11.9. The van der Waals surface area contributed by atoms with E-state index in [1.165, 1.54) is 11.3 Å². The second-order valence-electron chi connectivity index (χ2n) is 4.91. The Morgan fingerprint density at radius 3 is 3.25 bits per heavy atom. The van der Waals surface area contributed by atoms with Gasteiger partial charge >= 0.3 is 0 Å². The summed E-state index contributed by atoms with van der Waals surface area (Å²) in [5.41, 5.74) is 7.14. The van der Waals surface area contributed by atoms with Crippen LogP contribution in [0.4, 0.5) is 5.13 Å². The summed E-state index contributed by atoms with van der Waals surface area (Å²) in [7, 11) is 0. The number of benzene rings is 1. The monoisotopic (exact) mass is 291 g/mol. The highest BCUT2D eigenvalue weighted by Crippen LogP contribution is 2.24. The lowest BCUT2D eigenvalue weighted by Gasteiger charge is -2.10. The molecule has 1 amide bonds. The Morgan fingerprint density at radius 1 is 1.55 bits per heavy atom. The number of hydrogen-bond donors (Lipinski definition) is 2. The third-order valence-electron chi connectivity index (χ3n) is 3.44. The van der Waals surface area contributed by atoms with Gasteiger partial charge in [0.1, 0.15) is 0 Å². The number of hydrogen-bond acceptors (Lipinski definition) is 5. The van der Waals surface area contributed by atoms with Gasteiger partial charge in [0, 0.05) is 18.7 Å². The van der Waals surface area contributed by atoms with Crippen LogP contribution < -0.4 is 11.1 Å². The fraction of sp³-hybridized carbons (Fsp3) is 0.429. The number of nitrogens with two attached hydrogens (primary N) is 1. The van der Waals surface area contributed by atoms with Gasteiger partial charge in [-0.05, 0) is 37.5 Å². The summed E-state index contributed by atoms with van der Waals surface area (Å²) in [6.07, 6.45) is 3.41. The van der Waals surface area contributed by atoms with Gasteiger partial charge in [-0.25, -0.2) is 4.98 Å². The van der Waals surface area contributed by atoms with Crippen molar-refractivity contribution in [3.63, 3.8) is 0 Å². The first-order chi connectivity index (χ1) is 9.72. The molecule has 1 fully saturated rings. The summed E-state index contributed by atoms with van der Waals surface area (Å²) in [5, 5.41) is 3.46. The highest BCUT2D eigenvalue weighted by molar-refractivity contribution is 7.22. The van der Waals surface area contributed by atoms with Crippen LogP contribution in [0, 0.1) is 0 Å². The molecule has 1 aliphatic rings. The number of aromatic nitrogens is 1. The van der Waals surface area contributed by atoms with Gasteiger partial charge < -0.3 is 15.8 Å². The van der Waals surface area contributed by atoms with Gasteiger partial charge in [-0.2, -0.15) is 0 Å². The number of rotatable bonds is 4. The van der Waals surface area contributed by atoms with Crippen molar-refractivity contribution < 1.29 is 9.53 Å². The summed E-state index contributed by atoms with van der Waals surface area (Å²) in [6.45, 7) is 1.49. The van der Waals surface area contributed by atoms with E-state index in [0.29, 0.717) is 23.3 Å². The van der Waals surface area contributed by atoms with E-state index in [2.05, 4.69) is 10.3 Å². The van der Waals surface area contributed by atoms with Gasteiger partial charge in [-0.1, -0.05) is 11.3 Å². The van der Waals surface area contributed by atoms with Gasteiger partial charge in [0.25, 0.3) is 5.91 Å². The van der Waals surface area contributed by atoms with Crippen LogP contribution in [0.25, 0.3) is 10.2 Å². The predicted octanol–water partition coefficient (Wildman–Crippen LogP) is 2.18. The minimum Gasteiger partial charge on any atom is -0.378 e. The molecule has 1 saturated heterocycles. The van der Waals surface area contributed by atoms with Crippen molar-refractivity contribution in [2.75, 3.05) is 18.9 Å². The number of thiazole rings is 1. The van der Waals surface area contributed by atoms with Crippen LogP contribution in [-0.4, -0.2) is 30.1 Å². The summed E-state index contributed by atoms with van der Waals surface area (Å²) in [4.78, 5) is 16.2. The van der Waals surface area contributed by atoms with E-state index in [1.54, 1.807) is 6.07 Å². The number of nitrogens with one attached hydrogen (secondary N) is 1. The molecular weight excluding hydrogens is 274 g/mol. The average molecular weight is 291 g/mol. The number of carbonyl (C=O) groups excluding carboxylic acids is 1. The highest BCUT2D eigenvalue weighted by Gasteiger charge is 2.15. The zero-order chi connectivity index (χ0) is 13.9. The van der Waals surface area contributed by atoms with Crippen molar-refractivity contribution in [2.45, 2.75) is 25.4 Å². The van der Waals surface area contributed by atoms with E-state index in [4.69, 9.17) is 10.5 Å². The predicted molar refractivity (Wildman–Crippen MR) is 80.0 cm³/mol. The molecule has 2 aromatic rings. The van der Waals surface area contributed by atoms with Crippen LogP contribution in [0.3, 0.4) is 0 Å². The first kappa shape index (κ1) is 13.3. The minimum absolute atomic E-state index is 0.0585. The molecule has 5 nitrogen and oxygen atoms in total. The second kappa shape index (κ2) is 5.76. The molecule has 2 heterocycles. The molecule has 6 heteroatoms. The maximum atomic E-state index is 12.1. The molecule has 3 N–H and O–H groups in total. The smallest absolute Gasteiger partial charge is 0.251 e. The van der Waals surface area contributed by atoms with Crippen LogP contribution in [-0.2, 0) is 4.74 Å². The molecule has 106 valence electrons. The normalized spacial score (nSPS) is 18.5. The Kier molecular flexibility index (Phi) is 3.84. The van der Waals surface area contributed by atoms with Crippen LogP contribution in [0.15, 0.2) is 18.2 Å². The van der Waals surface area contributed by atoms with Crippen molar-refractivity contribution in [2.24, 2.45) is 0 Å². The van der Waals surface area contributed by atoms with Crippen molar-refractivity contribution in [3.05, 3.63) is 23.8 Å². The molecule has 1 aromatic carbocycles. The number of nitrogens with zero attached hydrogens (tertiary/aromatic N) is 1. The summed E-state index contributed by atoms with van der Waals surface area (Å²) in [5.74, 6) is -0.0585. The van der Waals surface area contributed by atoms with E-state index in [-0.39, 0.29) is 5.91 Å². The molecule has 0 spiro atoms. The average Bonchev–Trinajstić information content (AvgIpc) is 3.05. The molecule has 0 aliphatic carbocycles. The van der Waals surface area contributed by atoms with Gasteiger partial charge in [0.15, 0.2) is 5.13 Å². The number of nitrogen functional groups attached to an aromatic ring is 1. The number of amides is 1. The largest absolute Gasteiger partial charge is 0.378 e. The maximum absolute atomic E-state index is 12.1. The van der Waals surface area contributed by atoms with E-state index < -0.39 is 0 Å². The van der Waals surface area contributed by atoms with Crippen LogP contribution in [0.2, 0.25) is 0 Å². The summed E-state index contributed by atoms with van der Waals surface area (Å²) >= 11 is 1.39. The Bertz CT molecular complexity index is 620. The highest BCUT2D eigenvalue weighted by atomic mass is 32.1. The number of anilines is 1. The van der Waals surface area contributed by atoms with Gasteiger partial charge in [-0.3, -0.25) is 4.79 Å². The van der Waals surface area contributed by atoms with E-state index >= 15 is 0 Å². The summed E-state index contributed by atoms with van der Waals surface area (Å²) in [6, 6.07) is 5.45. The van der Waals surface area contributed by atoms with Crippen molar-refractivity contribution in [1.29, 1.82) is 0 Å². The molecule has 3 rings (SSSR count). The Hall–Kier alpha value is -1.66. The zero-order valence-electron chi connectivity index (χ0n) is 11.1. The van der Waals surface area contributed by atoms with Crippen molar-refractivity contribution in [3.8, 4) is 0 Å². The number of ether oxygens (including phenoxy) is 1. The Balaban J connectivity index is 1.59. The molecule has 1 aromatic heterocycles. The fourth-order valence-corrected chi connectivity index (χ4v) is 3.18. The SMILES string of the molecule is Nc1nc2ccc(C(=O)NCCC3CCCO3)cc2s1. The van der Waals surface area contributed by atoms with Crippen molar-refractivity contribution >= 4 is 32.6 Å². The van der Waals surface area contributed by atoms with Crippen LogP contribution in [0.5, 0.6) is 0 Å². The molecule has 1 aliphatic heterocycles. The third kappa shape index (κ3) is 2.91. The maximum Gasteiger partial charge on any atom is 0.251 e. The second-order valence-corrected chi connectivity index (χ2v) is 5.98. The van der Waals surface area contributed by atoms with Gasteiger partial charge in [0.05, 0.1) is 16.3 Å². The van der Waals surface area contributed by atoms with Crippen LogP contribution >= 0.6 is 11.3 Å². The molecular formula is C14H17N3O2S. The van der Waals surface area contributed by atoms with E-state index in [1.807, 2.05) is 12.1 Å². The molecule has 0 saturated carbocycles. The molecule has 20 heavy (non-hydrogen) atoms. The standard InChI is InChI=1S/C14H17N3O2S/c15-14-17-11-4-3-9(8-12(11)20-14)13(18)16-6-5-10-2-1-7-19-10/h3-4,8,10H,1-2,5-7H2,(H2,15,17)(H,16,18). The quantitative estimate of drug-likeness (QED) is 0.905. The first-order valence-corrected chi connectivity index (χ1v) is 7.60. The molecule has 0 radical (unpaired) electrons. The molecule has 1 atom stereocenters. The fourth-order valence-electron chi connectivity index (χ4n) is 2.40. The van der Waals surface area contributed by atoms with E-state index in [0.717, 1.165) is 36.1 Å². The third-order valence-corrected chi connectivity index (χ3v) is 4.29. The number of carbonyl (C=O) groups is 1. The number of fused-ring (bicyclic) bond motifs is 1. The lowest BCUT2D eigenvalue weighted by Crippen LogP contribution is -2.26. The van der Waals surface area contributed by atoms with E-state index in [9.17, 15) is 4.79 Å². The lowest BCUT2D eigenvalue weighted by atomic mass is 10.1. The van der Waals surface area contributed by atoms with Gasteiger partial charge in [-0.15, -0.1) is 0 Å². The Morgan fingerprint density at radius 2 is 2.45 bits per heavy atom. The molecule has 0 bridgehead atoms. The minimum atomic E-state index is -0.0585. The Labute approximate surface area is 121 Å². The van der Waals surface area contributed by atoms with Gasteiger partial charge in [0.2, 0.25) is 0 Å². The first-order valence-electron chi connectivity index (χ1n) is 6.78. The van der Waals surface area contributed by atoms with Crippen LogP contribution in [0.1, 0.15) is 29.6 Å². The van der Waals surface area contributed by atoms with Crippen molar-refractivity contribution in [1.82, 2.24) is 10.3 Å². The topological polar surface area (TPSA) is 77.2 Å².